The number of dihydropyridines is 1. The summed E-state index contributed by atoms with van der Waals surface area (Å²) in [5.41, 5.74) is 4.21. The van der Waals surface area contributed by atoms with Gasteiger partial charge in [0.05, 0.1) is 37.1 Å². The van der Waals surface area contributed by atoms with Crippen molar-refractivity contribution >= 4 is 29.1 Å². The Bertz CT molecular complexity index is 1160. The molecule has 0 saturated heterocycles. The van der Waals surface area contributed by atoms with Gasteiger partial charge in [-0.2, -0.15) is 0 Å². The molecule has 1 heterocycles. The van der Waals surface area contributed by atoms with Crippen molar-refractivity contribution in [2.45, 2.75) is 19.8 Å². The van der Waals surface area contributed by atoms with Crippen LogP contribution in [0.3, 0.4) is 0 Å². The lowest BCUT2D eigenvalue weighted by atomic mass is 9.79. The molecule has 0 aromatic heterocycles. The van der Waals surface area contributed by atoms with Crippen molar-refractivity contribution in [3.05, 3.63) is 75.0 Å². The average molecular weight is 440 g/mol. The number of nitrogens with one attached hydrogen (secondary N) is 1. The van der Waals surface area contributed by atoms with E-state index < -0.39 is 11.9 Å². The van der Waals surface area contributed by atoms with Gasteiger partial charge in [0.1, 0.15) is 0 Å². The third kappa shape index (κ3) is 3.27. The third-order valence-electron chi connectivity index (χ3n) is 5.53. The first kappa shape index (κ1) is 21.0. The molecule has 4 rings (SSSR count). The van der Waals surface area contributed by atoms with Crippen molar-refractivity contribution < 1.29 is 23.8 Å². The number of ether oxygens (including phenoxy) is 3. The van der Waals surface area contributed by atoms with Crippen LogP contribution in [0.25, 0.3) is 5.70 Å². The summed E-state index contributed by atoms with van der Waals surface area (Å²) in [5.74, 6) is -0.500. The maximum Gasteiger partial charge on any atom is 0.336 e. The molecule has 2 aromatic rings. The molecule has 2 aliphatic rings. The molecule has 31 heavy (non-hydrogen) atoms. The maximum atomic E-state index is 13.4. The van der Waals surface area contributed by atoms with Gasteiger partial charge >= 0.3 is 5.97 Å². The molecule has 0 spiro atoms. The molecule has 1 aliphatic carbocycles. The minimum Gasteiger partial charge on any atom is -0.493 e. The topological polar surface area (TPSA) is 73.9 Å². The molecule has 0 radical (unpaired) electrons. The summed E-state index contributed by atoms with van der Waals surface area (Å²) in [4.78, 5) is 26.4. The molecule has 0 amide bonds. The number of allylic oxidation sites excluding steroid dienone is 2. The van der Waals surface area contributed by atoms with Gasteiger partial charge in [-0.25, -0.2) is 4.79 Å². The van der Waals surface area contributed by atoms with E-state index >= 15 is 0 Å². The van der Waals surface area contributed by atoms with E-state index in [1.54, 1.807) is 32.0 Å². The standard InChI is InChI=1S/C24H22ClNO5/c1-5-31-24(28)18-12(2)26-21-14-8-6-7-9-15(14)22(27)20(21)19(18)13-10-16(25)23(30-4)17(11-13)29-3/h6-11,19,26H,5H2,1-4H3/t19-/m0/s1. The van der Waals surface area contributed by atoms with Crippen LogP contribution in [0.1, 0.15) is 41.3 Å². The molecule has 0 unspecified atom stereocenters. The summed E-state index contributed by atoms with van der Waals surface area (Å²) in [6, 6.07) is 10.8. The normalized spacial score (nSPS) is 17.2. The zero-order chi connectivity index (χ0) is 22.3. The second-order valence-electron chi connectivity index (χ2n) is 7.22. The predicted octanol–water partition coefficient (Wildman–Crippen LogP) is 4.49. The van der Waals surface area contributed by atoms with Crippen molar-refractivity contribution in [1.29, 1.82) is 0 Å². The Hall–Kier alpha value is -3.25. The van der Waals surface area contributed by atoms with Crippen molar-refractivity contribution in [3.63, 3.8) is 0 Å². The molecule has 0 saturated carbocycles. The average Bonchev–Trinajstić information content (AvgIpc) is 3.04. The van der Waals surface area contributed by atoms with Gasteiger partial charge in [-0.05, 0) is 31.5 Å². The maximum absolute atomic E-state index is 13.4. The summed E-state index contributed by atoms with van der Waals surface area (Å²) in [7, 11) is 3.01. The zero-order valence-corrected chi connectivity index (χ0v) is 18.4. The molecule has 2 aromatic carbocycles. The van der Waals surface area contributed by atoms with E-state index in [2.05, 4.69) is 5.32 Å². The van der Waals surface area contributed by atoms with Gasteiger partial charge in [-0.3, -0.25) is 4.79 Å². The van der Waals surface area contributed by atoms with Gasteiger partial charge < -0.3 is 19.5 Å². The molecule has 1 N–H and O–H groups in total. The second kappa shape index (κ2) is 8.12. The minimum absolute atomic E-state index is 0.136. The molecular weight excluding hydrogens is 418 g/mol. The Morgan fingerprint density at radius 2 is 1.84 bits per heavy atom. The largest absolute Gasteiger partial charge is 0.493 e. The van der Waals surface area contributed by atoms with Crippen LogP contribution >= 0.6 is 11.6 Å². The first-order valence-corrected chi connectivity index (χ1v) is 10.2. The fourth-order valence-electron chi connectivity index (χ4n) is 4.25. The summed E-state index contributed by atoms with van der Waals surface area (Å²) in [6.45, 7) is 3.76. The Labute approximate surface area is 185 Å². The highest BCUT2D eigenvalue weighted by molar-refractivity contribution is 6.32. The molecular formula is C24H22ClNO5. The number of rotatable bonds is 5. The van der Waals surface area contributed by atoms with Crippen LogP contribution in [0.15, 0.2) is 53.2 Å². The number of methoxy groups -OCH3 is 2. The van der Waals surface area contributed by atoms with Crippen molar-refractivity contribution in [3.8, 4) is 11.5 Å². The first-order valence-electron chi connectivity index (χ1n) is 9.87. The predicted molar refractivity (Wildman–Crippen MR) is 117 cm³/mol. The molecule has 0 bridgehead atoms. The van der Waals surface area contributed by atoms with Crippen LogP contribution in [0.2, 0.25) is 5.02 Å². The SMILES string of the molecule is CCOC(=O)C1=C(C)NC2=C(C(=O)c3ccccc32)[C@H]1c1cc(Cl)c(OC)c(OC)c1. The molecule has 1 atom stereocenters. The molecule has 7 heteroatoms. The molecule has 6 nitrogen and oxygen atoms in total. The Balaban J connectivity index is 1.97. The number of Topliss-reactive ketones (excluding diaryl/α,β-unsaturated/α-hetero) is 1. The van der Waals surface area contributed by atoms with Crippen LogP contribution < -0.4 is 14.8 Å². The number of esters is 1. The Kier molecular flexibility index (Phi) is 5.50. The first-order chi connectivity index (χ1) is 14.9. The van der Waals surface area contributed by atoms with E-state index in [1.165, 1.54) is 14.2 Å². The van der Waals surface area contributed by atoms with Gasteiger partial charge in [-0.1, -0.05) is 35.9 Å². The lowest BCUT2D eigenvalue weighted by Crippen LogP contribution is -2.29. The number of benzene rings is 2. The fraction of sp³-hybridized carbons (Fsp3) is 0.250. The second-order valence-corrected chi connectivity index (χ2v) is 7.63. The van der Waals surface area contributed by atoms with Gasteiger partial charge in [0.25, 0.3) is 0 Å². The Morgan fingerprint density at radius 3 is 2.48 bits per heavy atom. The van der Waals surface area contributed by atoms with Crippen LogP contribution in [0, 0.1) is 0 Å². The number of carbonyl (C=O) groups is 2. The van der Waals surface area contributed by atoms with Crippen molar-refractivity contribution in [2.24, 2.45) is 0 Å². The summed E-state index contributed by atoms with van der Waals surface area (Å²) < 4.78 is 16.1. The number of hydrogen-bond donors (Lipinski definition) is 1. The van der Waals surface area contributed by atoms with E-state index in [0.717, 1.165) is 5.56 Å². The number of fused-ring (bicyclic) bond motifs is 2. The molecule has 160 valence electrons. The number of hydrogen-bond acceptors (Lipinski definition) is 6. The van der Waals surface area contributed by atoms with Gasteiger partial charge in [-0.15, -0.1) is 0 Å². The number of ketones is 1. The lowest BCUT2D eigenvalue weighted by Gasteiger charge is -2.29. The van der Waals surface area contributed by atoms with Gasteiger partial charge in [0.2, 0.25) is 0 Å². The highest BCUT2D eigenvalue weighted by atomic mass is 35.5. The summed E-state index contributed by atoms with van der Waals surface area (Å²) in [6.07, 6.45) is 0. The van der Waals surface area contributed by atoms with E-state index in [4.69, 9.17) is 25.8 Å². The summed E-state index contributed by atoms with van der Waals surface area (Å²) >= 11 is 6.47. The number of halogens is 1. The van der Waals surface area contributed by atoms with Crippen LogP contribution in [-0.4, -0.2) is 32.6 Å². The monoisotopic (exact) mass is 439 g/mol. The van der Waals surface area contributed by atoms with Crippen molar-refractivity contribution in [1.82, 2.24) is 5.32 Å². The van der Waals surface area contributed by atoms with Gasteiger partial charge in [0.15, 0.2) is 17.3 Å². The van der Waals surface area contributed by atoms with E-state index in [0.29, 0.717) is 50.2 Å². The quantitative estimate of drug-likeness (QED) is 0.692. The zero-order valence-electron chi connectivity index (χ0n) is 17.7. The minimum atomic E-state index is -0.674. The summed E-state index contributed by atoms with van der Waals surface area (Å²) in [5, 5.41) is 3.59. The van der Waals surface area contributed by atoms with Crippen LogP contribution in [-0.2, 0) is 9.53 Å². The van der Waals surface area contributed by atoms with Crippen molar-refractivity contribution in [2.75, 3.05) is 20.8 Å². The smallest absolute Gasteiger partial charge is 0.336 e. The van der Waals surface area contributed by atoms with E-state index in [9.17, 15) is 9.59 Å². The van der Waals surface area contributed by atoms with E-state index in [-0.39, 0.29) is 12.4 Å². The fourth-order valence-corrected chi connectivity index (χ4v) is 4.54. The third-order valence-corrected chi connectivity index (χ3v) is 5.81. The van der Waals surface area contributed by atoms with Crippen LogP contribution in [0.5, 0.6) is 11.5 Å². The van der Waals surface area contributed by atoms with Crippen LogP contribution in [0.4, 0.5) is 0 Å². The van der Waals surface area contributed by atoms with E-state index in [1.807, 2.05) is 18.2 Å². The highest BCUT2D eigenvalue weighted by Crippen LogP contribution is 2.49. The molecule has 0 fully saturated rings. The van der Waals surface area contributed by atoms with Gasteiger partial charge in [0, 0.05) is 28.3 Å². The lowest BCUT2D eigenvalue weighted by molar-refractivity contribution is -0.138. The molecule has 1 aliphatic heterocycles. The number of carbonyl (C=O) groups excluding carboxylic acids is 2. The Morgan fingerprint density at radius 1 is 1.13 bits per heavy atom. The highest BCUT2D eigenvalue weighted by Gasteiger charge is 2.43.